The van der Waals surface area contributed by atoms with Gasteiger partial charge in [0.25, 0.3) is 0 Å². The maximum absolute atomic E-state index is 13.8. The van der Waals surface area contributed by atoms with Crippen LogP contribution in [-0.4, -0.2) is 49.1 Å². The molecule has 1 heterocycles. The maximum atomic E-state index is 13.8. The largest absolute Gasteiger partial charge is 0.344 e. The van der Waals surface area contributed by atoms with Crippen LogP contribution in [0.4, 0.5) is 14.5 Å². The lowest BCUT2D eigenvalue weighted by Crippen LogP contribution is -2.33. The van der Waals surface area contributed by atoms with Gasteiger partial charge in [-0.05, 0) is 12.1 Å². The van der Waals surface area contributed by atoms with E-state index >= 15 is 0 Å². The molecule has 0 unspecified atom stereocenters. The van der Waals surface area contributed by atoms with Gasteiger partial charge in [0.2, 0.25) is 11.8 Å². The number of amides is 2. The van der Waals surface area contributed by atoms with Crippen molar-refractivity contribution in [1.29, 1.82) is 0 Å². The number of nitrogens with one attached hydrogen (secondary N) is 1. The third kappa shape index (κ3) is 4.04. The average molecular weight is 450 g/mol. The molecule has 6 nitrogen and oxygen atoms in total. The van der Waals surface area contributed by atoms with Crippen molar-refractivity contribution in [1.82, 2.24) is 9.91 Å². The van der Waals surface area contributed by atoms with Crippen molar-refractivity contribution < 1.29 is 18.4 Å². The van der Waals surface area contributed by atoms with E-state index in [9.17, 15) is 18.4 Å². The fourth-order valence-corrected chi connectivity index (χ4v) is 3.45. The standard InChI is InChI=1S/C16H16BrClF2N4O2/c1-21-24(3)14(18)13(17)9-7-23(2)16(26)12(9)15(25)22-11-5-4-8(19)6-10(11)20/h4-6,9,12H,1,7H2,2-3H3,(H,22,25)/b14-13-/t9-,12-/m0/s1. The summed E-state index contributed by atoms with van der Waals surface area (Å²) >= 11 is 9.51. The van der Waals surface area contributed by atoms with Crippen LogP contribution < -0.4 is 5.32 Å². The summed E-state index contributed by atoms with van der Waals surface area (Å²) in [4.78, 5) is 26.4. The predicted octanol–water partition coefficient (Wildman–Crippen LogP) is 2.96. The van der Waals surface area contributed by atoms with Crippen LogP contribution in [0, 0.1) is 23.5 Å². The fourth-order valence-electron chi connectivity index (χ4n) is 2.59. The molecule has 1 saturated heterocycles. The van der Waals surface area contributed by atoms with E-state index in [4.69, 9.17) is 11.6 Å². The number of carbonyl (C=O) groups is 2. The summed E-state index contributed by atoms with van der Waals surface area (Å²) in [5.74, 6) is -4.60. The van der Waals surface area contributed by atoms with Crippen molar-refractivity contribution in [2.45, 2.75) is 0 Å². The van der Waals surface area contributed by atoms with E-state index in [2.05, 4.69) is 33.1 Å². The lowest BCUT2D eigenvalue weighted by Gasteiger charge is -2.20. The van der Waals surface area contributed by atoms with E-state index < -0.39 is 35.3 Å². The Hall–Kier alpha value is -2.00. The minimum absolute atomic E-state index is 0.166. The number of hydrogen-bond acceptors (Lipinski definition) is 4. The highest BCUT2D eigenvalue weighted by atomic mass is 79.9. The van der Waals surface area contributed by atoms with Crippen molar-refractivity contribution in [2.24, 2.45) is 16.9 Å². The molecular formula is C16H16BrClF2N4O2. The Balaban J connectivity index is 2.32. The summed E-state index contributed by atoms with van der Waals surface area (Å²) in [5, 5.41) is 7.44. The van der Waals surface area contributed by atoms with Gasteiger partial charge in [-0.2, -0.15) is 5.10 Å². The summed E-state index contributed by atoms with van der Waals surface area (Å²) in [6.07, 6.45) is 0. The zero-order valence-electron chi connectivity index (χ0n) is 14.0. The molecule has 1 aromatic carbocycles. The number of hydrogen-bond donors (Lipinski definition) is 1. The molecule has 0 saturated carbocycles. The van der Waals surface area contributed by atoms with Gasteiger partial charge >= 0.3 is 0 Å². The van der Waals surface area contributed by atoms with Crippen molar-refractivity contribution in [3.05, 3.63) is 39.5 Å². The molecule has 1 aliphatic heterocycles. The lowest BCUT2D eigenvalue weighted by molar-refractivity contribution is -0.135. The quantitative estimate of drug-likeness (QED) is 0.325. The van der Waals surface area contributed by atoms with Gasteiger partial charge in [0.15, 0.2) is 0 Å². The normalized spacial score (nSPS) is 20.7. The third-order valence-corrected chi connectivity index (χ3v) is 5.65. The van der Waals surface area contributed by atoms with Crippen LogP contribution in [0.15, 0.2) is 32.9 Å². The monoisotopic (exact) mass is 448 g/mol. The van der Waals surface area contributed by atoms with E-state index in [0.717, 1.165) is 12.1 Å². The topological polar surface area (TPSA) is 65.0 Å². The highest BCUT2D eigenvalue weighted by Crippen LogP contribution is 2.37. The van der Waals surface area contributed by atoms with Gasteiger partial charge in [-0.25, -0.2) is 8.78 Å². The summed E-state index contributed by atoms with van der Waals surface area (Å²) in [7, 11) is 3.10. The first-order valence-corrected chi connectivity index (χ1v) is 8.60. The molecule has 2 atom stereocenters. The minimum atomic E-state index is -1.13. The molecule has 0 aliphatic carbocycles. The molecule has 0 radical (unpaired) electrons. The second kappa shape index (κ2) is 8.13. The Labute approximate surface area is 162 Å². The zero-order valence-corrected chi connectivity index (χ0v) is 16.3. The molecule has 10 heteroatoms. The number of nitrogens with zero attached hydrogens (tertiary/aromatic N) is 3. The fraction of sp³-hybridized carbons (Fsp3) is 0.312. The van der Waals surface area contributed by atoms with Crippen molar-refractivity contribution in [3.8, 4) is 0 Å². The molecule has 26 heavy (non-hydrogen) atoms. The minimum Gasteiger partial charge on any atom is -0.344 e. The molecule has 1 aliphatic rings. The van der Waals surface area contributed by atoms with E-state index in [1.807, 2.05) is 0 Å². The van der Waals surface area contributed by atoms with Crippen molar-refractivity contribution >= 4 is 51.8 Å². The van der Waals surface area contributed by atoms with Crippen LogP contribution in [0.2, 0.25) is 0 Å². The second-order valence-corrected chi connectivity index (χ2v) is 6.93. The summed E-state index contributed by atoms with van der Waals surface area (Å²) in [5.41, 5.74) is -0.214. The first kappa shape index (κ1) is 20.3. The van der Waals surface area contributed by atoms with Crippen LogP contribution >= 0.6 is 27.5 Å². The van der Waals surface area contributed by atoms with Gasteiger partial charge in [0.05, 0.1) is 5.69 Å². The van der Waals surface area contributed by atoms with Crippen LogP contribution in [0.3, 0.4) is 0 Å². The lowest BCUT2D eigenvalue weighted by atomic mass is 9.94. The molecule has 2 rings (SSSR count). The Kier molecular flexibility index (Phi) is 6.35. The van der Waals surface area contributed by atoms with Gasteiger partial charge in [0, 0.05) is 43.8 Å². The zero-order chi connectivity index (χ0) is 19.6. The molecule has 140 valence electrons. The Morgan fingerprint density at radius 2 is 2.15 bits per heavy atom. The Morgan fingerprint density at radius 1 is 1.50 bits per heavy atom. The molecule has 0 spiro atoms. The van der Waals surface area contributed by atoms with Crippen molar-refractivity contribution in [2.75, 3.05) is 26.0 Å². The number of rotatable bonds is 5. The first-order chi connectivity index (χ1) is 12.2. The van der Waals surface area contributed by atoms with Gasteiger partial charge < -0.3 is 10.2 Å². The number of likely N-dealkylation sites (tertiary alicyclic amines) is 1. The highest BCUT2D eigenvalue weighted by molar-refractivity contribution is 9.11. The average Bonchev–Trinajstić information content (AvgIpc) is 2.90. The molecule has 2 amide bonds. The first-order valence-electron chi connectivity index (χ1n) is 7.43. The molecule has 0 bridgehead atoms. The van der Waals surface area contributed by atoms with Gasteiger partial charge in [-0.1, -0.05) is 27.5 Å². The highest BCUT2D eigenvalue weighted by Gasteiger charge is 2.45. The van der Waals surface area contributed by atoms with Crippen LogP contribution in [0.5, 0.6) is 0 Å². The van der Waals surface area contributed by atoms with Crippen molar-refractivity contribution in [3.63, 3.8) is 0 Å². The summed E-state index contributed by atoms with van der Waals surface area (Å²) in [6, 6.07) is 2.75. The SMILES string of the molecule is C=NN(C)/C(Cl)=C(\Br)[C@H]1CN(C)C(=O)[C@@H]1C(=O)Nc1ccc(F)cc1F. The molecule has 1 fully saturated rings. The van der Waals surface area contributed by atoms with Crippen LogP contribution in [0.1, 0.15) is 0 Å². The third-order valence-electron chi connectivity index (χ3n) is 4.01. The Morgan fingerprint density at radius 3 is 2.73 bits per heavy atom. The molecular weight excluding hydrogens is 434 g/mol. The number of hydrazone groups is 1. The van der Waals surface area contributed by atoms with E-state index in [1.54, 1.807) is 14.1 Å². The smallest absolute Gasteiger partial charge is 0.237 e. The second-order valence-electron chi connectivity index (χ2n) is 5.72. The van der Waals surface area contributed by atoms with Gasteiger partial charge in [-0.3, -0.25) is 14.6 Å². The van der Waals surface area contributed by atoms with Gasteiger partial charge in [0.1, 0.15) is 22.7 Å². The van der Waals surface area contributed by atoms with E-state index in [-0.39, 0.29) is 17.4 Å². The number of benzene rings is 1. The van der Waals surface area contributed by atoms with Crippen LogP contribution in [0.25, 0.3) is 0 Å². The Bertz CT molecular complexity index is 790. The maximum Gasteiger partial charge on any atom is 0.237 e. The number of carbonyl (C=O) groups excluding carboxylic acids is 2. The van der Waals surface area contributed by atoms with E-state index in [0.29, 0.717) is 10.5 Å². The molecule has 0 aromatic heterocycles. The number of anilines is 1. The molecule has 1 aromatic rings. The number of halogens is 4. The van der Waals surface area contributed by atoms with Gasteiger partial charge in [-0.15, -0.1) is 0 Å². The molecule has 1 N–H and O–H groups in total. The summed E-state index contributed by atoms with van der Waals surface area (Å²) < 4.78 is 27.2. The predicted molar refractivity (Wildman–Crippen MR) is 98.7 cm³/mol. The van der Waals surface area contributed by atoms with E-state index in [1.165, 1.54) is 9.91 Å². The summed E-state index contributed by atoms with van der Waals surface area (Å²) in [6.45, 7) is 3.58. The van der Waals surface area contributed by atoms with Crippen LogP contribution in [-0.2, 0) is 9.59 Å².